The Hall–Kier alpha value is -8.76. The Kier molecular flexibility index (Phi) is 34.8. The second kappa shape index (κ2) is 40.1. The van der Waals surface area contributed by atoms with Gasteiger partial charge in [0.1, 0.15) is 60.0 Å². The molecule has 0 spiro atoms. The number of rotatable bonds is 24. The number of nitrogens with one attached hydrogen (secondary N) is 11. The first-order chi connectivity index (χ1) is 45.2. The van der Waals surface area contributed by atoms with Gasteiger partial charge in [-0.1, -0.05) is 112 Å². The lowest BCUT2D eigenvalue weighted by Crippen LogP contribution is -2.64. The minimum atomic E-state index is -2.60. The molecule has 1 fully saturated rings. The minimum absolute atomic E-state index is 0.0310. The third kappa shape index (κ3) is 28.1. The first kappa shape index (κ1) is 84.3. The zero-order valence-corrected chi connectivity index (χ0v) is 57.8. The van der Waals surface area contributed by atoms with Gasteiger partial charge < -0.3 is 106 Å². The van der Waals surface area contributed by atoms with Crippen LogP contribution in [0.15, 0.2) is 35.3 Å². The lowest BCUT2D eigenvalue weighted by Gasteiger charge is -2.34. The van der Waals surface area contributed by atoms with Crippen molar-refractivity contribution in [2.75, 3.05) is 19.7 Å². The largest absolute Gasteiger partial charge is 0.453 e. The van der Waals surface area contributed by atoms with Crippen LogP contribution >= 0.6 is 0 Å². The van der Waals surface area contributed by atoms with E-state index in [1.807, 2.05) is 10.6 Å². The molecule has 0 radical (unpaired) electrons. The lowest BCUT2D eigenvalue weighted by atomic mass is 9.95. The zero-order chi connectivity index (χ0) is 73.9. The Morgan fingerprint density at radius 2 is 1.22 bits per heavy atom. The number of primary amides is 1. The monoisotopic (exact) mass is 1380 g/mol. The smallest absolute Gasteiger partial charge is 0.408 e. The fourth-order valence-electron chi connectivity index (χ4n) is 9.75. The van der Waals surface area contributed by atoms with Gasteiger partial charge in [-0.05, 0) is 88.5 Å². The van der Waals surface area contributed by atoms with Gasteiger partial charge in [0, 0.05) is 6.54 Å². The normalized spacial score (nSPS) is 24.1. The van der Waals surface area contributed by atoms with Crippen molar-refractivity contribution in [2.45, 2.75) is 226 Å². The third-order valence-corrected chi connectivity index (χ3v) is 15.6. The highest BCUT2D eigenvalue weighted by Gasteiger charge is 2.44. The second-order valence-corrected chi connectivity index (χ2v) is 26.3. The number of nitrogens with zero attached hydrogens (tertiary/aromatic N) is 1. The molecule has 97 heavy (non-hydrogen) atoms. The minimum Gasteiger partial charge on any atom is -0.453 e. The summed E-state index contributed by atoms with van der Waals surface area (Å²) in [6.07, 6.45) is -9.16. The van der Waals surface area contributed by atoms with Crippen molar-refractivity contribution in [3.05, 3.63) is 35.9 Å². The predicted molar refractivity (Wildman–Crippen MR) is 351 cm³/mol. The summed E-state index contributed by atoms with van der Waals surface area (Å²) in [4.78, 5) is 189. The lowest BCUT2D eigenvalue weighted by molar-refractivity contribution is -0.159. The predicted octanol–water partition coefficient (Wildman–Crippen LogP) is -3.87. The van der Waals surface area contributed by atoms with Crippen LogP contribution in [0.25, 0.3) is 0 Å². The molecule has 1 saturated heterocycles. The molecule has 1 heterocycles. The van der Waals surface area contributed by atoms with Gasteiger partial charge in [-0.3, -0.25) is 57.7 Å². The Labute approximate surface area is 565 Å². The van der Waals surface area contributed by atoms with Crippen molar-refractivity contribution in [3.63, 3.8) is 0 Å². The van der Waals surface area contributed by atoms with Crippen LogP contribution in [0.3, 0.4) is 0 Å². The van der Waals surface area contributed by atoms with Crippen molar-refractivity contribution >= 4 is 83.0 Å². The molecular weight excluding hydrogens is 1270 g/mol. The van der Waals surface area contributed by atoms with Crippen molar-refractivity contribution < 1.29 is 92.2 Å². The van der Waals surface area contributed by atoms with E-state index in [-0.39, 0.29) is 50.2 Å². The topological polar surface area (TPSA) is 544 Å². The zero-order valence-electron chi connectivity index (χ0n) is 57.8. The third-order valence-electron chi connectivity index (χ3n) is 15.6. The number of esters is 1. The van der Waals surface area contributed by atoms with Crippen molar-refractivity contribution in [1.82, 2.24) is 58.5 Å². The van der Waals surface area contributed by atoms with Gasteiger partial charge in [-0.15, -0.1) is 0 Å². The van der Waals surface area contributed by atoms with Crippen LogP contribution in [0.2, 0.25) is 0 Å². The molecule has 34 heteroatoms. The SMILES string of the molecule is CC[C@H](C)C1NC(=O)[C@@H](CCCN=C(N)N)NC(=O)[C@H](CC(C)C)NC(=O)[C@H]([C@H](O)C(C)C)NC(=O)[C@@H](NC(=O)[C@H](CC(C)C)NC(=O)[C@H](NC(=O)OC(C)(C)C)[C@@H](C)CC)[C@@H](c2ccccc2)OC(=O)[C@H](CO)NC(=O)[C@H]([C@H](O)C(N)=O)NC(=O)CNC(=O)C([C@H](C)O)NC1=O. The summed E-state index contributed by atoms with van der Waals surface area (Å²) in [5.41, 5.74) is 15.4. The van der Waals surface area contributed by atoms with Crippen LogP contribution in [0.5, 0.6) is 0 Å². The summed E-state index contributed by atoms with van der Waals surface area (Å²) in [5.74, 6) is -18.3. The average molecular weight is 1380 g/mol. The molecule has 0 aromatic heterocycles. The number of amides is 12. The molecule has 1 aromatic rings. The molecule has 21 N–H and O–H groups in total. The van der Waals surface area contributed by atoms with Crippen molar-refractivity contribution in [1.29, 1.82) is 0 Å². The summed E-state index contributed by atoms with van der Waals surface area (Å²) >= 11 is 0. The number of ether oxygens (including phenoxy) is 2. The number of alkyl carbamates (subject to hydrolysis) is 1. The maximum absolute atomic E-state index is 15.5. The molecule has 34 nitrogen and oxygen atoms in total. The number of carbonyl (C=O) groups excluding carboxylic acids is 13. The molecule has 16 atom stereocenters. The molecule has 1 aliphatic rings. The van der Waals surface area contributed by atoms with E-state index in [0.29, 0.717) is 6.42 Å². The first-order valence-corrected chi connectivity index (χ1v) is 32.4. The molecule has 1 aliphatic heterocycles. The maximum atomic E-state index is 15.5. The van der Waals surface area contributed by atoms with Crippen LogP contribution in [0.4, 0.5) is 4.79 Å². The summed E-state index contributed by atoms with van der Waals surface area (Å²) in [7, 11) is 0. The fraction of sp³-hybridized carbons (Fsp3) is 0.683. The summed E-state index contributed by atoms with van der Waals surface area (Å²) in [6.45, 7) is 19.7. The maximum Gasteiger partial charge on any atom is 0.408 e. The Morgan fingerprint density at radius 1 is 0.660 bits per heavy atom. The van der Waals surface area contributed by atoms with Crippen LogP contribution in [0.1, 0.15) is 147 Å². The van der Waals surface area contributed by atoms with E-state index in [1.165, 1.54) is 44.2 Å². The molecule has 1 aromatic carbocycles. The van der Waals surface area contributed by atoms with Crippen LogP contribution in [0, 0.1) is 29.6 Å². The van der Waals surface area contributed by atoms with Crippen LogP contribution in [-0.4, -0.2) is 207 Å². The summed E-state index contributed by atoms with van der Waals surface area (Å²) in [5, 5.41) is 70.9. The Bertz CT molecular complexity index is 2890. The number of guanidine groups is 1. The second-order valence-electron chi connectivity index (χ2n) is 26.3. The summed E-state index contributed by atoms with van der Waals surface area (Å²) < 4.78 is 11.4. The van der Waals surface area contributed by atoms with Gasteiger partial charge in [-0.25, -0.2) is 9.59 Å². The van der Waals surface area contributed by atoms with E-state index < -0.39 is 210 Å². The fourth-order valence-corrected chi connectivity index (χ4v) is 9.75. The van der Waals surface area contributed by atoms with E-state index in [9.17, 15) is 68.4 Å². The highest BCUT2D eigenvalue weighted by Crippen LogP contribution is 2.25. The van der Waals surface area contributed by atoms with Crippen molar-refractivity contribution in [3.8, 4) is 0 Å². The number of cyclic esters (lactones) is 1. The average Bonchev–Trinajstić information content (AvgIpc) is 0.850. The highest BCUT2D eigenvalue weighted by molar-refractivity contribution is 6.00. The van der Waals surface area contributed by atoms with Crippen molar-refractivity contribution in [2.24, 2.45) is 51.8 Å². The molecule has 2 rings (SSSR count). The van der Waals surface area contributed by atoms with E-state index in [2.05, 4.69) is 52.8 Å². The number of aliphatic imine (C=N–C) groups is 1. The standard InChI is InChI=1S/C63H105N15O19/c1-15-32(9)41-56(90)75-43(34(11)80)54(88)68-27-40(81)73-45(48(83)50(64)84)58(92)72-39(28-79)60(94)96-49(35-21-18-17-19-22-35)46(77-53(87)38(26-30(5)6)70-55(89)42(33(10)16-2)78-62(95)97-63(12,13)14)59(93)76-44(47(82)31(7)8)57(91)71-37(25-29(3)4)52(86)69-36(51(85)74-41)23-20-24-67-61(65)66/h17-19,21-22,29-34,36-39,41-49,79-80,82-83H,15-16,20,23-28H2,1-14H3,(H2,64,84)(H,68,88)(H,69,86)(H,70,89)(H,71,91)(H,72,92)(H,73,81)(H,74,85)(H,75,90)(H,76,93)(H,77,87)(H,78,95)(H4,65,66,67)/t32-,33-,34-,36+,37-,38-,39-,41?,42+,43?,44-,45-,46-,47+,48-,49+/m0/s1. The number of aliphatic hydroxyl groups is 4. The van der Waals surface area contributed by atoms with Gasteiger partial charge in [0.2, 0.25) is 65.0 Å². The molecule has 12 amide bonds. The number of hydrogen-bond donors (Lipinski definition) is 18. The Morgan fingerprint density at radius 3 is 1.74 bits per heavy atom. The molecule has 0 bridgehead atoms. The number of benzene rings is 1. The molecule has 546 valence electrons. The molecule has 0 aliphatic carbocycles. The summed E-state index contributed by atoms with van der Waals surface area (Å²) in [6, 6.07) is -11.4. The van der Waals surface area contributed by atoms with Gasteiger partial charge >= 0.3 is 12.1 Å². The van der Waals surface area contributed by atoms with Gasteiger partial charge in [-0.2, -0.15) is 0 Å². The quantitative estimate of drug-likeness (QED) is 0.0204. The number of carbonyl (C=O) groups is 13. The Balaban J connectivity index is 3.18. The van der Waals surface area contributed by atoms with Crippen LogP contribution in [-0.2, 0) is 67.0 Å². The van der Waals surface area contributed by atoms with Gasteiger partial charge in [0.15, 0.2) is 24.2 Å². The number of aliphatic hydroxyl groups excluding tert-OH is 4. The van der Waals surface area contributed by atoms with E-state index in [1.54, 1.807) is 76.2 Å². The molecular formula is C63H105N15O19. The van der Waals surface area contributed by atoms with E-state index in [4.69, 9.17) is 26.7 Å². The highest BCUT2D eigenvalue weighted by atomic mass is 16.6. The first-order valence-electron chi connectivity index (χ1n) is 32.4. The van der Waals surface area contributed by atoms with Crippen LogP contribution < -0.4 is 75.7 Å². The molecule has 0 saturated carbocycles. The van der Waals surface area contributed by atoms with E-state index in [0.717, 1.165) is 6.92 Å². The molecule has 2 unspecified atom stereocenters. The van der Waals surface area contributed by atoms with Gasteiger partial charge in [0.25, 0.3) is 0 Å². The number of hydrogen-bond acceptors (Lipinski definition) is 20. The van der Waals surface area contributed by atoms with Gasteiger partial charge in [0.05, 0.1) is 25.4 Å². The van der Waals surface area contributed by atoms with E-state index >= 15 is 14.4 Å². The number of nitrogens with two attached hydrogens (primary N) is 3.